The molecule has 1 aromatic heterocycles. The molecule has 1 aromatic rings. The monoisotopic (exact) mass is 313 g/mol. The Hall–Kier alpha value is -1.79. The highest BCUT2D eigenvalue weighted by atomic mass is 19.4. The number of carbonyl (C=O) groups excluding carboxylic acids is 1. The highest BCUT2D eigenvalue weighted by Crippen LogP contribution is 2.56. The first-order chi connectivity index (χ1) is 10.3. The smallest absolute Gasteiger partial charge is 0.433 e. The molecule has 1 aliphatic carbocycles. The van der Waals surface area contributed by atoms with Gasteiger partial charge in [-0.05, 0) is 54.7 Å². The normalized spacial score (nSPS) is 21.7. The van der Waals surface area contributed by atoms with Crippen LogP contribution >= 0.6 is 0 Å². The number of aromatic nitrogens is 1. The first-order valence-electron chi connectivity index (χ1n) is 7.28. The number of hydrogen-bond donors (Lipinski definition) is 0. The predicted molar refractivity (Wildman–Crippen MR) is 69.9 cm³/mol. The number of alkyl halides is 3. The zero-order valence-corrected chi connectivity index (χ0v) is 11.9. The number of likely N-dealkylation sites (tertiary alicyclic amines) is 1. The lowest BCUT2D eigenvalue weighted by molar-refractivity contribution is -0.267. The summed E-state index contributed by atoms with van der Waals surface area (Å²) in [6.45, 7) is 0.915. The van der Waals surface area contributed by atoms with Crippen molar-refractivity contribution in [2.45, 2.75) is 37.8 Å². The van der Waals surface area contributed by atoms with Crippen molar-refractivity contribution in [3.8, 4) is 0 Å². The van der Waals surface area contributed by atoms with Crippen LogP contribution in [0.2, 0.25) is 0 Å². The molecule has 2 heterocycles. The summed E-state index contributed by atoms with van der Waals surface area (Å²) in [7, 11) is 0. The summed E-state index contributed by atoms with van der Waals surface area (Å²) in [5.41, 5.74) is -0.0915. The molecule has 1 saturated carbocycles. The Bertz CT molecular complexity index is 572. The topological polar surface area (TPSA) is 56.3 Å². The molecule has 2 fully saturated rings. The number of carboxylic acid groups (broad SMARTS) is 1. The summed E-state index contributed by atoms with van der Waals surface area (Å²) >= 11 is 0. The largest absolute Gasteiger partial charge is 0.530 e. The van der Waals surface area contributed by atoms with Gasteiger partial charge in [-0.25, -0.2) is 0 Å². The quantitative estimate of drug-likeness (QED) is 0.800. The third kappa shape index (κ3) is 2.76. The molecule has 22 heavy (non-hydrogen) atoms. The van der Waals surface area contributed by atoms with Gasteiger partial charge in [0.05, 0.1) is 0 Å². The van der Waals surface area contributed by atoms with E-state index in [0.717, 1.165) is 31.7 Å². The van der Waals surface area contributed by atoms with Crippen molar-refractivity contribution in [3.63, 3.8) is 0 Å². The van der Waals surface area contributed by atoms with Gasteiger partial charge in [-0.2, -0.15) is 13.2 Å². The number of hydrogen-bond acceptors (Lipinski definition) is 3. The second-order valence-corrected chi connectivity index (χ2v) is 6.33. The van der Waals surface area contributed by atoms with Crippen LogP contribution in [0.5, 0.6) is 0 Å². The fourth-order valence-electron chi connectivity index (χ4n) is 3.65. The van der Waals surface area contributed by atoms with Gasteiger partial charge in [0.2, 0.25) is 0 Å². The third-order valence-corrected chi connectivity index (χ3v) is 4.99. The van der Waals surface area contributed by atoms with E-state index in [1.165, 1.54) is 11.1 Å². The standard InChI is InChI=1S/C15H17F3N2O2/c16-15(17,18)12-7-10(1-4-19-12)11-8-14(9-11)2-5-20(6-3-14)13(21)22/h1,4,7,11H,2-3,5-6,8-9H2,(H,21,22)/p-1. The van der Waals surface area contributed by atoms with Crippen LogP contribution in [0.1, 0.15) is 42.9 Å². The number of halogens is 3. The van der Waals surface area contributed by atoms with E-state index in [-0.39, 0.29) is 11.3 Å². The summed E-state index contributed by atoms with van der Waals surface area (Å²) < 4.78 is 38.1. The molecule has 0 radical (unpaired) electrons. The van der Waals surface area contributed by atoms with Crippen LogP contribution in [0, 0.1) is 5.41 Å². The van der Waals surface area contributed by atoms with Gasteiger partial charge in [0.15, 0.2) is 0 Å². The van der Waals surface area contributed by atoms with Crippen LogP contribution in [0.3, 0.4) is 0 Å². The van der Waals surface area contributed by atoms with Crippen LogP contribution in [-0.4, -0.2) is 29.1 Å². The molecule has 3 rings (SSSR count). The Labute approximate surface area is 126 Å². The van der Waals surface area contributed by atoms with Crippen molar-refractivity contribution < 1.29 is 23.1 Å². The van der Waals surface area contributed by atoms with Crippen molar-refractivity contribution >= 4 is 6.09 Å². The van der Waals surface area contributed by atoms with Crippen LogP contribution in [0.15, 0.2) is 18.3 Å². The molecule has 0 aromatic carbocycles. The molecule has 7 heteroatoms. The maximum absolute atomic E-state index is 12.7. The highest BCUT2D eigenvalue weighted by molar-refractivity contribution is 5.62. The van der Waals surface area contributed by atoms with E-state index in [9.17, 15) is 23.1 Å². The average molecular weight is 313 g/mol. The predicted octanol–water partition coefficient (Wildman–Crippen LogP) is 2.40. The van der Waals surface area contributed by atoms with E-state index in [0.29, 0.717) is 18.7 Å². The summed E-state index contributed by atoms with van der Waals surface area (Å²) in [6, 6.07) is 2.77. The zero-order chi connectivity index (χ0) is 16.0. The molecule has 0 unspecified atom stereocenters. The van der Waals surface area contributed by atoms with Crippen molar-refractivity contribution in [3.05, 3.63) is 29.6 Å². The first-order valence-corrected chi connectivity index (χ1v) is 7.28. The van der Waals surface area contributed by atoms with E-state index in [1.54, 1.807) is 6.07 Å². The summed E-state index contributed by atoms with van der Waals surface area (Å²) in [5.74, 6) is 0.110. The SMILES string of the molecule is O=C([O-])N1CCC2(CC1)CC(c1ccnc(C(F)(F)F)c1)C2. The number of piperidine rings is 1. The average Bonchev–Trinajstić information content (AvgIpc) is 2.44. The molecule has 120 valence electrons. The number of nitrogens with zero attached hydrogens (tertiary/aromatic N) is 2. The van der Waals surface area contributed by atoms with Crippen molar-refractivity contribution in [1.29, 1.82) is 0 Å². The van der Waals surface area contributed by atoms with E-state index < -0.39 is 18.0 Å². The maximum Gasteiger partial charge on any atom is 0.433 e. The Morgan fingerprint density at radius 2 is 1.95 bits per heavy atom. The first kappa shape index (κ1) is 15.1. The second-order valence-electron chi connectivity index (χ2n) is 6.33. The molecule has 2 aliphatic rings. The van der Waals surface area contributed by atoms with Crippen LogP contribution in [-0.2, 0) is 6.18 Å². The van der Waals surface area contributed by atoms with E-state index in [1.807, 2.05) is 0 Å². The molecular weight excluding hydrogens is 297 g/mol. The van der Waals surface area contributed by atoms with Gasteiger partial charge in [0.1, 0.15) is 11.8 Å². The zero-order valence-electron chi connectivity index (χ0n) is 11.9. The number of carbonyl (C=O) groups is 1. The Morgan fingerprint density at radius 3 is 2.50 bits per heavy atom. The van der Waals surface area contributed by atoms with Crippen molar-refractivity contribution in [1.82, 2.24) is 9.88 Å². The number of amides is 1. The highest BCUT2D eigenvalue weighted by Gasteiger charge is 2.46. The Balaban J connectivity index is 1.63. The van der Waals surface area contributed by atoms with Gasteiger partial charge in [0.25, 0.3) is 0 Å². The summed E-state index contributed by atoms with van der Waals surface area (Å²) in [6.07, 6.45) is -1.21. The van der Waals surface area contributed by atoms with Gasteiger partial charge in [-0.3, -0.25) is 4.98 Å². The molecule has 0 atom stereocenters. The lowest BCUT2D eigenvalue weighted by Gasteiger charge is -2.53. The lowest BCUT2D eigenvalue weighted by Crippen LogP contribution is -2.51. The van der Waals surface area contributed by atoms with Crippen molar-refractivity contribution in [2.75, 3.05) is 13.1 Å². The summed E-state index contributed by atoms with van der Waals surface area (Å²) in [5, 5.41) is 10.8. The molecule has 1 aliphatic heterocycles. The number of rotatable bonds is 1. The molecule has 0 bridgehead atoms. The maximum atomic E-state index is 12.7. The second kappa shape index (κ2) is 5.14. The minimum Gasteiger partial charge on any atom is -0.530 e. The van der Waals surface area contributed by atoms with Crippen molar-refractivity contribution in [2.24, 2.45) is 5.41 Å². The van der Waals surface area contributed by atoms with Crippen LogP contribution in [0.4, 0.5) is 18.0 Å². The van der Waals surface area contributed by atoms with E-state index in [2.05, 4.69) is 4.98 Å². The minimum atomic E-state index is -4.42. The number of pyridine rings is 1. The molecule has 1 saturated heterocycles. The molecule has 1 amide bonds. The van der Waals surface area contributed by atoms with Gasteiger partial charge < -0.3 is 14.8 Å². The lowest BCUT2D eigenvalue weighted by atomic mass is 9.56. The minimum absolute atomic E-state index is 0.0816. The molecule has 0 N–H and O–H groups in total. The summed E-state index contributed by atoms with van der Waals surface area (Å²) in [4.78, 5) is 15.5. The van der Waals surface area contributed by atoms with E-state index in [4.69, 9.17) is 0 Å². The molecular formula is C15H16F3N2O2-. The van der Waals surface area contributed by atoms with Gasteiger partial charge >= 0.3 is 6.18 Å². The molecule has 1 spiro atoms. The molecule has 4 nitrogen and oxygen atoms in total. The third-order valence-electron chi connectivity index (χ3n) is 4.99. The van der Waals surface area contributed by atoms with E-state index >= 15 is 0 Å². The van der Waals surface area contributed by atoms with Crippen LogP contribution < -0.4 is 5.11 Å². The Kier molecular flexibility index (Phi) is 3.53. The van der Waals surface area contributed by atoms with Gasteiger partial charge in [0, 0.05) is 19.3 Å². The van der Waals surface area contributed by atoms with Gasteiger partial charge in [-0.1, -0.05) is 0 Å². The van der Waals surface area contributed by atoms with Gasteiger partial charge in [-0.15, -0.1) is 0 Å². The fraction of sp³-hybridized carbons (Fsp3) is 0.600. The Morgan fingerprint density at radius 1 is 1.32 bits per heavy atom. The van der Waals surface area contributed by atoms with Crippen LogP contribution in [0.25, 0.3) is 0 Å². The fourth-order valence-corrected chi connectivity index (χ4v) is 3.65.